The first-order valence-corrected chi connectivity index (χ1v) is 12.7. The molecule has 4 aromatic rings. The molecule has 2 aromatic carbocycles. The van der Waals surface area contributed by atoms with Crippen molar-refractivity contribution in [3.05, 3.63) is 87.1 Å². The van der Waals surface area contributed by atoms with Gasteiger partial charge in [-0.3, -0.25) is 14.1 Å². The van der Waals surface area contributed by atoms with Crippen molar-refractivity contribution < 1.29 is 18.8 Å². The normalized spacial score (nSPS) is 11.5. The molecule has 9 nitrogen and oxygen atoms in total. The zero-order chi connectivity index (χ0) is 25.7. The van der Waals surface area contributed by atoms with Gasteiger partial charge in [0.1, 0.15) is 11.1 Å². The third-order valence-corrected chi connectivity index (χ3v) is 7.88. The molecule has 182 valence electrons. The van der Waals surface area contributed by atoms with Crippen molar-refractivity contribution in [2.24, 2.45) is 0 Å². The Morgan fingerprint density at radius 1 is 1.14 bits per heavy atom. The quantitative estimate of drug-likeness (QED) is 0.235. The van der Waals surface area contributed by atoms with Crippen LogP contribution in [0.5, 0.6) is 0 Å². The Bertz CT molecular complexity index is 1490. The molecule has 2 amide bonds. The summed E-state index contributed by atoms with van der Waals surface area (Å²) < 4.78 is 6.45. The number of nitrogens with zero attached hydrogens (tertiary/aromatic N) is 2. The number of aromatic nitrogens is 2. The van der Waals surface area contributed by atoms with Crippen molar-refractivity contribution in [1.82, 2.24) is 5.27 Å². The number of carbonyl (C=O) groups is 2. The first-order chi connectivity index (χ1) is 17.4. The molecular weight excluding hydrogens is 498 g/mol. The Morgan fingerprint density at radius 2 is 1.81 bits per heavy atom. The lowest BCUT2D eigenvalue weighted by Crippen LogP contribution is -2.37. The fourth-order valence-electron chi connectivity index (χ4n) is 3.42. The Morgan fingerprint density at radius 3 is 2.44 bits per heavy atom. The van der Waals surface area contributed by atoms with Gasteiger partial charge in [0.25, 0.3) is 5.91 Å². The fourth-order valence-corrected chi connectivity index (χ4v) is 5.47. The average molecular weight is 521 g/mol. The van der Waals surface area contributed by atoms with E-state index in [-0.39, 0.29) is 21.5 Å². The molecule has 1 unspecified atom stereocenters. The molecule has 0 radical (unpaired) electrons. The maximum absolute atomic E-state index is 13.2. The van der Waals surface area contributed by atoms with Crippen LogP contribution in [-0.4, -0.2) is 22.3 Å². The molecule has 0 spiro atoms. The van der Waals surface area contributed by atoms with E-state index in [0.717, 1.165) is 23.1 Å². The monoisotopic (exact) mass is 520 g/mol. The van der Waals surface area contributed by atoms with Crippen molar-refractivity contribution in [3.63, 3.8) is 0 Å². The zero-order valence-corrected chi connectivity index (χ0v) is 21.0. The molecule has 36 heavy (non-hydrogen) atoms. The van der Waals surface area contributed by atoms with Crippen LogP contribution in [0.4, 0.5) is 10.7 Å². The number of aromatic amines is 1. The summed E-state index contributed by atoms with van der Waals surface area (Å²) in [6.45, 7) is 3.49. The summed E-state index contributed by atoms with van der Waals surface area (Å²) in [6.07, 6.45) is 0.406. The third-order valence-electron chi connectivity index (χ3n) is 5.27. The van der Waals surface area contributed by atoms with Gasteiger partial charge in [-0.25, -0.2) is 4.79 Å². The number of thiophene rings is 1. The molecular formula is C25H22N5O4S2+. The third kappa shape index (κ3) is 5.25. The molecule has 4 rings (SSSR count). The molecule has 0 aliphatic carbocycles. The SMILES string of the molecule is CCC(Sc1c(=O)o[nH][n+]1-c1ccccc1)C(=O)Nc1sc(C(=O)Nc2ccccc2)c(C)c1C#N. The summed E-state index contributed by atoms with van der Waals surface area (Å²) in [4.78, 5) is 38.7. The van der Waals surface area contributed by atoms with Gasteiger partial charge in [0.2, 0.25) is 11.6 Å². The van der Waals surface area contributed by atoms with Gasteiger partial charge in [0, 0.05) is 17.8 Å². The summed E-state index contributed by atoms with van der Waals surface area (Å²) in [6, 6.07) is 20.1. The Kier molecular flexibility index (Phi) is 7.68. The highest BCUT2D eigenvalue weighted by atomic mass is 32.2. The van der Waals surface area contributed by atoms with Gasteiger partial charge in [-0.2, -0.15) is 5.26 Å². The van der Waals surface area contributed by atoms with Crippen LogP contribution in [0.1, 0.15) is 34.1 Å². The molecule has 0 bridgehead atoms. The summed E-state index contributed by atoms with van der Waals surface area (Å²) in [5, 5.41) is 17.7. The number of rotatable bonds is 8. The molecule has 3 N–H and O–H groups in total. The summed E-state index contributed by atoms with van der Waals surface area (Å²) in [7, 11) is 0. The van der Waals surface area contributed by atoms with Crippen molar-refractivity contribution in [1.29, 1.82) is 5.26 Å². The lowest BCUT2D eigenvalue weighted by Gasteiger charge is -2.11. The van der Waals surface area contributed by atoms with Crippen molar-refractivity contribution in [3.8, 4) is 11.8 Å². The van der Waals surface area contributed by atoms with E-state index in [4.69, 9.17) is 4.52 Å². The summed E-state index contributed by atoms with van der Waals surface area (Å²) in [5.74, 6) is -0.758. The lowest BCUT2D eigenvalue weighted by atomic mass is 10.1. The summed E-state index contributed by atoms with van der Waals surface area (Å²) in [5.41, 5.74) is 1.42. The first-order valence-electron chi connectivity index (χ1n) is 11.0. The highest BCUT2D eigenvalue weighted by Gasteiger charge is 2.31. The van der Waals surface area contributed by atoms with Gasteiger partial charge in [-0.15, -0.1) is 11.3 Å². The number of amides is 2. The Balaban J connectivity index is 1.55. The van der Waals surface area contributed by atoms with Crippen LogP contribution in [-0.2, 0) is 4.79 Å². The van der Waals surface area contributed by atoms with Crippen LogP contribution in [0, 0.1) is 18.3 Å². The topological polar surface area (TPSA) is 132 Å². The molecule has 0 saturated carbocycles. The molecule has 11 heteroatoms. The zero-order valence-electron chi connectivity index (χ0n) is 19.4. The van der Waals surface area contributed by atoms with Gasteiger partial charge >= 0.3 is 10.7 Å². The molecule has 0 fully saturated rings. The molecule has 0 aliphatic heterocycles. The Labute approximate surface area is 214 Å². The van der Waals surface area contributed by atoms with E-state index in [0.29, 0.717) is 28.2 Å². The van der Waals surface area contributed by atoms with Crippen molar-refractivity contribution >= 4 is 45.6 Å². The van der Waals surface area contributed by atoms with Crippen molar-refractivity contribution in [2.45, 2.75) is 30.5 Å². The highest BCUT2D eigenvalue weighted by molar-refractivity contribution is 8.00. The minimum Gasteiger partial charge on any atom is -0.321 e. The van der Waals surface area contributed by atoms with Gasteiger partial charge in [-0.1, -0.05) is 43.3 Å². The van der Waals surface area contributed by atoms with Gasteiger partial charge in [-0.05, 0) is 52.8 Å². The predicted octanol–water partition coefficient (Wildman–Crippen LogP) is 4.25. The second-order valence-electron chi connectivity index (χ2n) is 7.65. The van der Waals surface area contributed by atoms with Crippen LogP contribution >= 0.6 is 23.1 Å². The first kappa shape index (κ1) is 25.0. The maximum Gasteiger partial charge on any atom is 0.442 e. The number of para-hydroxylation sites is 2. The van der Waals surface area contributed by atoms with E-state index in [9.17, 15) is 19.6 Å². The van der Waals surface area contributed by atoms with E-state index >= 15 is 0 Å². The minimum atomic E-state index is -0.658. The molecule has 0 saturated heterocycles. The molecule has 0 aliphatic rings. The smallest absolute Gasteiger partial charge is 0.321 e. The van der Waals surface area contributed by atoms with E-state index in [1.165, 1.54) is 4.68 Å². The number of H-pyrrole nitrogens is 1. The number of hydrogen-bond donors (Lipinski definition) is 3. The van der Waals surface area contributed by atoms with E-state index in [1.54, 1.807) is 43.3 Å². The predicted molar refractivity (Wildman–Crippen MR) is 138 cm³/mol. The molecule has 1 atom stereocenters. The number of anilines is 2. The number of thioether (sulfide) groups is 1. The largest absolute Gasteiger partial charge is 0.442 e. The fraction of sp³-hybridized carbons (Fsp3) is 0.160. The van der Waals surface area contributed by atoms with Gasteiger partial charge in [0.15, 0.2) is 0 Å². The van der Waals surface area contributed by atoms with Crippen LogP contribution in [0.2, 0.25) is 0 Å². The van der Waals surface area contributed by atoms with Crippen molar-refractivity contribution in [2.75, 3.05) is 10.6 Å². The van der Waals surface area contributed by atoms with Gasteiger partial charge in [0.05, 0.1) is 15.7 Å². The minimum absolute atomic E-state index is 0.217. The lowest BCUT2D eigenvalue weighted by molar-refractivity contribution is -0.704. The number of nitrogens with one attached hydrogen (secondary N) is 3. The summed E-state index contributed by atoms with van der Waals surface area (Å²) >= 11 is 2.10. The average Bonchev–Trinajstić information content (AvgIpc) is 3.41. The standard InChI is InChI=1S/C25H21N5O4S2/c1-3-19(35-24-25(33)34-29-30(24)17-12-8-5-9-13-17)21(31)28-23-18(14-26)15(2)20(36-23)22(32)27-16-10-6-4-7-11-16/h4-13,19H,3H2,1-2H3,(H2-,27,28,29,31,32,33)/p+1. The maximum atomic E-state index is 13.2. The van der Waals surface area contributed by atoms with Gasteiger partial charge < -0.3 is 10.6 Å². The highest BCUT2D eigenvalue weighted by Crippen LogP contribution is 2.34. The van der Waals surface area contributed by atoms with Crippen LogP contribution < -0.4 is 20.9 Å². The Hall–Kier alpha value is -4.14. The number of benzene rings is 2. The second kappa shape index (κ2) is 11.1. The second-order valence-corrected chi connectivity index (χ2v) is 9.87. The van der Waals surface area contributed by atoms with E-state index in [1.807, 2.05) is 31.2 Å². The van der Waals surface area contributed by atoms with E-state index < -0.39 is 16.8 Å². The number of hydrogen-bond acceptors (Lipinski definition) is 7. The van der Waals surface area contributed by atoms with Crippen LogP contribution in [0.15, 0.2) is 75.0 Å². The number of carbonyl (C=O) groups excluding carboxylic acids is 2. The van der Waals surface area contributed by atoms with Crippen LogP contribution in [0.3, 0.4) is 0 Å². The van der Waals surface area contributed by atoms with E-state index in [2.05, 4.69) is 22.0 Å². The molecule has 2 aromatic heterocycles. The van der Waals surface area contributed by atoms with Crippen LogP contribution in [0.25, 0.3) is 5.69 Å². The molecule has 2 heterocycles. The number of nitriles is 1.